The van der Waals surface area contributed by atoms with Crippen molar-refractivity contribution in [2.45, 2.75) is 52.6 Å². The minimum atomic E-state index is 0.386. The van der Waals surface area contributed by atoms with Crippen molar-refractivity contribution < 1.29 is 0 Å². The van der Waals surface area contributed by atoms with E-state index in [1.54, 1.807) is 0 Å². The van der Waals surface area contributed by atoms with E-state index < -0.39 is 0 Å². The summed E-state index contributed by atoms with van der Waals surface area (Å²) in [6.07, 6.45) is 3.11. The lowest BCUT2D eigenvalue weighted by molar-refractivity contribution is 0.543. The van der Waals surface area contributed by atoms with Gasteiger partial charge in [0.05, 0.1) is 5.69 Å². The molecule has 0 aliphatic carbocycles. The standard InChI is InChI=1S/C16H25N3S/c1-5-12-8-9-20-16(12)15(17-4)11-14-10-13(6-2)18-19(14)7-3/h8-10,15,17H,5-7,11H2,1-4H3. The number of rotatable bonds is 7. The first-order valence-electron chi connectivity index (χ1n) is 7.52. The molecular weight excluding hydrogens is 266 g/mol. The van der Waals surface area contributed by atoms with E-state index in [-0.39, 0.29) is 0 Å². The van der Waals surface area contributed by atoms with Gasteiger partial charge >= 0.3 is 0 Å². The molecule has 4 heteroatoms. The minimum Gasteiger partial charge on any atom is -0.312 e. The molecule has 1 N–H and O–H groups in total. The van der Waals surface area contributed by atoms with Crippen molar-refractivity contribution in [2.75, 3.05) is 7.05 Å². The van der Waals surface area contributed by atoms with Crippen LogP contribution in [0.1, 0.15) is 48.6 Å². The highest BCUT2D eigenvalue weighted by Crippen LogP contribution is 2.27. The van der Waals surface area contributed by atoms with Gasteiger partial charge in [-0.1, -0.05) is 13.8 Å². The van der Waals surface area contributed by atoms with E-state index in [2.05, 4.69) is 60.4 Å². The van der Waals surface area contributed by atoms with Crippen molar-refractivity contribution in [1.29, 1.82) is 0 Å². The SMILES string of the molecule is CCc1cc(CC(NC)c2sccc2CC)n(CC)n1. The summed E-state index contributed by atoms with van der Waals surface area (Å²) in [4.78, 5) is 1.47. The average molecular weight is 291 g/mol. The molecule has 2 heterocycles. The molecule has 0 fully saturated rings. The molecule has 0 amide bonds. The first kappa shape index (κ1) is 15.3. The molecule has 0 spiro atoms. The molecule has 2 aromatic heterocycles. The largest absolute Gasteiger partial charge is 0.312 e. The third kappa shape index (κ3) is 3.13. The molecule has 110 valence electrons. The summed E-state index contributed by atoms with van der Waals surface area (Å²) in [5, 5.41) is 10.3. The summed E-state index contributed by atoms with van der Waals surface area (Å²) in [5.41, 5.74) is 3.99. The van der Waals surface area contributed by atoms with E-state index in [1.165, 1.54) is 21.8 Å². The molecule has 0 aliphatic heterocycles. The van der Waals surface area contributed by atoms with Crippen LogP contribution in [0.15, 0.2) is 17.5 Å². The molecule has 0 saturated heterocycles. The smallest absolute Gasteiger partial charge is 0.0624 e. The number of aryl methyl sites for hydroxylation is 3. The molecule has 3 nitrogen and oxygen atoms in total. The maximum Gasteiger partial charge on any atom is 0.0624 e. The Kier molecular flexibility index (Phi) is 5.38. The van der Waals surface area contributed by atoms with Crippen molar-refractivity contribution in [3.05, 3.63) is 39.3 Å². The lowest BCUT2D eigenvalue weighted by Crippen LogP contribution is -2.20. The van der Waals surface area contributed by atoms with Crippen molar-refractivity contribution in [1.82, 2.24) is 15.1 Å². The lowest BCUT2D eigenvalue weighted by atomic mass is 10.0. The average Bonchev–Trinajstić information content (AvgIpc) is 3.10. The minimum absolute atomic E-state index is 0.386. The molecule has 0 radical (unpaired) electrons. The lowest BCUT2D eigenvalue weighted by Gasteiger charge is -2.17. The number of nitrogens with one attached hydrogen (secondary N) is 1. The third-order valence-corrected chi connectivity index (χ3v) is 4.89. The zero-order valence-corrected chi connectivity index (χ0v) is 13.8. The Morgan fingerprint density at radius 2 is 2.10 bits per heavy atom. The number of likely N-dealkylation sites (N-methyl/N-ethyl adjacent to an activating group) is 1. The molecule has 20 heavy (non-hydrogen) atoms. The molecule has 0 bridgehead atoms. The van der Waals surface area contributed by atoms with Crippen molar-refractivity contribution in [3.63, 3.8) is 0 Å². The fourth-order valence-corrected chi connectivity index (χ4v) is 3.71. The molecule has 0 saturated carbocycles. The van der Waals surface area contributed by atoms with E-state index >= 15 is 0 Å². The highest BCUT2D eigenvalue weighted by atomic mass is 32.1. The third-order valence-electron chi connectivity index (χ3n) is 3.82. The second-order valence-corrected chi connectivity index (χ2v) is 5.95. The van der Waals surface area contributed by atoms with Crippen LogP contribution in [0.25, 0.3) is 0 Å². The van der Waals surface area contributed by atoms with Gasteiger partial charge in [-0.05, 0) is 49.9 Å². The fraction of sp³-hybridized carbons (Fsp3) is 0.562. The van der Waals surface area contributed by atoms with Gasteiger partial charge in [0.15, 0.2) is 0 Å². The molecule has 1 unspecified atom stereocenters. The molecule has 1 atom stereocenters. The summed E-state index contributed by atoms with van der Waals surface area (Å²) in [6, 6.07) is 4.89. The van der Waals surface area contributed by atoms with Crippen LogP contribution < -0.4 is 5.32 Å². The van der Waals surface area contributed by atoms with E-state index in [4.69, 9.17) is 0 Å². The zero-order valence-electron chi connectivity index (χ0n) is 12.9. The Labute approximate surface area is 126 Å². The van der Waals surface area contributed by atoms with Crippen LogP contribution >= 0.6 is 11.3 Å². The maximum absolute atomic E-state index is 4.65. The fourth-order valence-electron chi connectivity index (χ4n) is 2.61. The van der Waals surface area contributed by atoms with Crippen molar-refractivity contribution >= 4 is 11.3 Å². The van der Waals surface area contributed by atoms with Gasteiger partial charge in [0.25, 0.3) is 0 Å². The van der Waals surface area contributed by atoms with E-state index in [9.17, 15) is 0 Å². The zero-order chi connectivity index (χ0) is 14.5. The Hall–Kier alpha value is -1.13. The molecule has 2 rings (SSSR count). The number of hydrogen-bond donors (Lipinski definition) is 1. The summed E-state index contributed by atoms with van der Waals surface area (Å²) in [6.45, 7) is 7.49. The van der Waals surface area contributed by atoms with E-state index in [0.717, 1.165) is 25.8 Å². The number of nitrogens with zero attached hydrogens (tertiary/aromatic N) is 2. The molecule has 0 aliphatic rings. The van der Waals surface area contributed by atoms with Crippen LogP contribution in [0.2, 0.25) is 0 Å². The van der Waals surface area contributed by atoms with Crippen molar-refractivity contribution in [2.24, 2.45) is 0 Å². The van der Waals surface area contributed by atoms with Crippen LogP contribution in [0.5, 0.6) is 0 Å². The molecule has 2 aromatic rings. The van der Waals surface area contributed by atoms with Crippen LogP contribution in [0.3, 0.4) is 0 Å². The number of hydrogen-bond acceptors (Lipinski definition) is 3. The van der Waals surface area contributed by atoms with Crippen LogP contribution in [-0.4, -0.2) is 16.8 Å². The first-order chi connectivity index (χ1) is 9.73. The molecular formula is C16H25N3S. The summed E-state index contributed by atoms with van der Waals surface area (Å²) < 4.78 is 2.14. The predicted octanol–water partition coefficient (Wildman–Crippen LogP) is 3.59. The topological polar surface area (TPSA) is 29.9 Å². The van der Waals surface area contributed by atoms with Gasteiger partial charge in [-0.15, -0.1) is 11.3 Å². The number of thiophene rings is 1. The van der Waals surface area contributed by atoms with Gasteiger partial charge in [-0.25, -0.2) is 0 Å². The maximum atomic E-state index is 4.65. The van der Waals surface area contributed by atoms with Gasteiger partial charge in [0.1, 0.15) is 0 Å². The van der Waals surface area contributed by atoms with Crippen LogP contribution in [-0.2, 0) is 25.8 Å². The van der Waals surface area contributed by atoms with Crippen molar-refractivity contribution in [3.8, 4) is 0 Å². The Balaban J connectivity index is 2.24. The highest BCUT2D eigenvalue weighted by Gasteiger charge is 2.17. The number of aromatic nitrogens is 2. The second-order valence-electron chi connectivity index (χ2n) is 5.01. The van der Waals surface area contributed by atoms with Gasteiger partial charge in [0, 0.05) is 29.6 Å². The van der Waals surface area contributed by atoms with Crippen LogP contribution in [0, 0.1) is 0 Å². The predicted molar refractivity (Wildman–Crippen MR) is 86.5 cm³/mol. The quantitative estimate of drug-likeness (QED) is 0.845. The van der Waals surface area contributed by atoms with Gasteiger partial charge in [-0.3, -0.25) is 4.68 Å². The normalized spacial score (nSPS) is 12.8. The highest BCUT2D eigenvalue weighted by molar-refractivity contribution is 7.10. The summed E-state index contributed by atoms with van der Waals surface area (Å²) in [7, 11) is 2.05. The monoisotopic (exact) mass is 291 g/mol. The van der Waals surface area contributed by atoms with Crippen LogP contribution in [0.4, 0.5) is 0 Å². The van der Waals surface area contributed by atoms with Gasteiger partial charge in [0.2, 0.25) is 0 Å². The molecule has 0 aromatic carbocycles. The van der Waals surface area contributed by atoms with Gasteiger partial charge < -0.3 is 5.32 Å². The Morgan fingerprint density at radius 1 is 1.30 bits per heavy atom. The summed E-state index contributed by atoms with van der Waals surface area (Å²) >= 11 is 1.86. The van der Waals surface area contributed by atoms with E-state index in [0.29, 0.717) is 6.04 Å². The Bertz CT molecular complexity index is 542. The van der Waals surface area contributed by atoms with E-state index in [1.807, 2.05) is 11.3 Å². The Morgan fingerprint density at radius 3 is 2.70 bits per heavy atom. The van der Waals surface area contributed by atoms with Gasteiger partial charge in [-0.2, -0.15) is 5.10 Å². The summed E-state index contributed by atoms with van der Waals surface area (Å²) in [5.74, 6) is 0. The first-order valence-corrected chi connectivity index (χ1v) is 8.40. The second kappa shape index (κ2) is 7.04.